The van der Waals surface area contributed by atoms with Gasteiger partial charge >= 0.3 is 0 Å². The number of nitrogens with two attached hydrogens (primary N) is 1. The van der Waals surface area contributed by atoms with Crippen molar-refractivity contribution in [1.29, 1.82) is 0 Å². The van der Waals surface area contributed by atoms with Gasteiger partial charge in [-0.1, -0.05) is 0 Å². The van der Waals surface area contributed by atoms with Crippen molar-refractivity contribution in [3.63, 3.8) is 0 Å². The molecule has 2 rings (SSSR count). The van der Waals surface area contributed by atoms with Crippen molar-refractivity contribution in [2.75, 3.05) is 24.7 Å². The number of ether oxygens (including phenoxy) is 1. The Morgan fingerprint density at radius 3 is 2.73 bits per heavy atom. The maximum Gasteiger partial charge on any atom is 0.0666 e. The summed E-state index contributed by atoms with van der Waals surface area (Å²) >= 11 is 1.84. The van der Waals surface area contributed by atoms with Crippen molar-refractivity contribution >= 4 is 11.8 Å². The fourth-order valence-electron chi connectivity index (χ4n) is 2.11. The van der Waals surface area contributed by atoms with E-state index in [9.17, 15) is 5.11 Å². The third-order valence-corrected chi connectivity index (χ3v) is 4.73. The molecule has 0 aromatic rings. The highest BCUT2D eigenvalue weighted by Crippen LogP contribution is 2.39. The third-order valence-electron chi connectivity index (χ3n) is 3.38. The van der Waals surface area contributed by atoms with Gasteiger partial charge in [-0.2, -0.15) is 11.8 Å². The van der Waals surface area contributed by atoms with Crippen LogP contribution in [0.25, 0.3) is 0 Å². The topological polar surface area (TPSA) is 55.5 Å². The number of hydrogen-bond donors (Lipinski definition) is 2. The zero-order valence-electron chi connectivity index (χ0n) is 9.15. The molecule has 2 fully saturated rings. The van der Waals surface area contributed by atoms with Crippen molar-refractivity contribution in [3.05, 3.63) is 0 Å². The molecule has 1 aliphatic carbocycles. The number of aliphatic hydroxyl groups is 1. The molecule has 0 aromatic heterocycles. The van der Waals surface area contributed by atoms with Crippen LogP contribution in [0.3, 0.4) is 0 Å². The predicted octanol–water partition coefficient (Wildman–Crippen LogP) is 0.998. The Labute approximate surface area is 95.7 Å². The summed E-state index contributed by atoms with van der Waals surface area (Å²) in [4.78, 5) is 0. The van der Waals surface area contributed by atoms with E-state index in [1.54, 1.807) is 0 Å². The number of aliphatic hydroxyl groups excluding tert-OH is 1. The van der Waals surface area contributed by atoms with Crippen LogP contribution in [0, 0.1) is 5.92 Å². The van der Waals surface area contributed by atoms with Gasteiger partial charge in [-0.3, -0.25) is 0 Å². The average Bonchev–Trinajstić information content (AvgIpc) is 2.98. The molecule has 4 heteroatoms. The Hall–Kier alpha value is 0.230. The maximum atomic E-state index is 9.32. The smallest absolute Gasteiger partial charge is 0.0666 e. The Kier molecular flexibility index (Phi) is 3.93. The minimum atomic E-state index is -0.330. The van der Waals surface area contributed by atoms with Crippen LogP contribution in [0.4, 0.5) is 0 Å². The van der Waals surface area contributed by atoms with Crippen LogP contribution in [0.1, 0.15) is 25.7 Å². The van der Waals surface area contributed by atoms with Crippen molar-refractivity contribution in [1.82, 2.24) is 0 Å². The van der Waals surface area contributed by atoms with Gasteiger partial charge in [0.15, 0.2) is 0 Å². The fourth-order valence-corrected chi connectivity index (χ4v) is 3.46. The van der Waals surface area contributed by atoms with Gasteiger partial charge in [-0.05, 0) is 31.6 Å². The molecular weight excluding hydrogens is 210 g/mol. The van der Waals surface area contributed by atoms with Crippen LogP contribution in [-0.4, -0.2) is 41.5 Å². The molecule has 2 unspecified atom stereocenters. The van der Waals surface area contributed by atoms with E-state index in [1.165, 1.54) is 25.7 Å². The first-order valence-corrected chi connectivity index (χ1v) is 6.99. The summed E-state index contributed by atoms with van der Waals surface area (Å²) in [6, 6.07) is 0. The molecule has 1 aliphatic heterocycles. The standard InChI is InChI=1S/C11H21NO2S/c12-11(7-13,9-3-4-9)8-15-6-10-2-1-5-14-10/h9-10,13H,1-8,12H2. The summed E-state index contributed by atoms with van der Waals surface area (Å²) in [6.45, 7) is 1.04. The first kappa shape index (κ1) is 11.7. The lowest BCUT2D eigenvalue weighted by Crippen LogP contribution is -2.48. The maximum absolute atomic E-state index is 9.32. The molecule has 1 saturated carbocycles. The fraction of sp³-hybridized carbons (Fsp3) is 1.00. The van der Waals surface area contributed by atoms with Crippen LogP contribution >= 0.6 is 11.8 Å². The lowest BCUT2D eigenvalue weighted by molar-refractivity contribution is 0.128. The van der Waals surface area contributed by atoms with Gasteiger partial charge in [0.1, 0.15) is 0 Å². The molecule has 0 amide bonds. The van der Waals surface area contributed by atoms with E-state index in [0.29, 0.717) is 12.0 Å². The Bertz CT molecular complexity index is 205. The second-order valence-electron chi connectivity index (χ2n) is 4.82. The SMILES string of the molecule is NC(CO)(CSCC1CCCO1)C1CC1. The molecule has 0 spiro atoms. The van der Waals surface area contributed by atoms with Crippen molar-refractivity contribution in [3.8, 4) is 0 Å². The molecule has 2 atom stereocenters. The molecule has 0 radical (unpaired) electrons. The molecule has 2 aliphatic rings. The predicted molar refractivity (Wildman–Crippen MR) is 63.0 cm³/mol. The summed E-state index contributed by atoms with van der Waals surface area (Å²) in [7, 11) is 0. The molecule has 0 bridgehead atoms. The summed E-state index contributed by atoms with van der Waals surface area (Å²) in [5.41, 5.74) is 5.85. The van der Waals surface area contributed by atoms with Crippen molar-refractivity contribution in [2.45, 2.75) is 37.3 Å². The molecule has 88 valence electrons. The van der Waals surface area contributed by atoms with Crippen LogP contribution < -0.4 is 5.73 Å². The third kappa shape index (κ3) is 3.09. The van der Waals surface area contributed by atoms with Crippen LogP contribution in [0.5, 0.6) is 0 Å². The lowest BCUT2D eigenvalue weighted by atomic mass is 9.99. The van der Waals surface area contributed by atoms with Gasteiger partial charge < -0.3 is 15.6 Å². The van der Waals surface area contributed by atoms with Gasteiger partial charge in [0.25, 0.3) is 0 Å². The van der Waals surface area contributed by atoms with Crippen LogP contribution in [0.2, 0.25) is 0 Å². The van der Waals surface area contributed by atoms with E-state index in [-0.39, 0.29) is 12.1 Å². The monoisotopic (exact) mass is 231 g/mol. The number of rotatable bonds is 6. The van der Waals surface area contributed by atoms with Gasteiger partial charge in [0.05, 0.1) is 18.2 Å². The highest BCUT2D eigenvalue weighted by Gasteiger charge is 2.41. The Morgan fingerprint density at radius 1 is 1.40 bits per heavy atom. The minimum Gasteiger partial charge on any atom is -0.394 e. The summed E-state index contributed by atoms with van der Waals surface area (Å²) < 4.78 is 5.55. The van der Waals surface area contributed by atoms with Gasteiger partial charge in [-0.25, -0.2) is 0 Å². The number of hydrogen-bond acceptors (Lipinski definition) is 4. The van der Waals surface area contributed by atoms with Gasteiger partial charge in [-0.15, -0.1) is 0 Å². The zero-order valence-corrected chi connectivity index (χ0v) is 9.97. The second kappa shape index (κ2) is 5.04. The first-order chi connectivity index (χ1) is 7.24. The van der Waals surface area contributed by atoms with E-state index < -0.39 is 0 Å². The highest BCUT2D eigenvalue weighted by molar-refractivity contribution is 7.99. The van der Waals surface area contributed by atoms with Gasteiger partial charge in [0, 0.05) is 18.1 Å². The van der Waals surface area contributed by atoms with E-state index in [1.807, 2.05) is 11.8 Å². The van der Waals surface area contributed by atoms with E-state index in [4.69, 9.17) is 10.5 Å². The zero-order chi connectivity index (χ0) is 10.7. The molecular formula is C11H21NO2S. The molecule has 1 saturated heterocycles. The second-order valence-corrected chi connectivity index (χ2v) is 5.85. The highest BCUT2D eigenvalue weighted by atomic mass is 32.2. The largest absolute Gasteiger partial charge is 0.394 e. The summed E-state index contributed by atoms with van der Waals surface area (Å²) in [5.74, 6) is 2.46. The quantitative estimate of drug-likeness (QED) is 0.716. The molecule has 3 nitrogen and oxygen atoms in total. The lowest BCUT2D eigenvalue weighted by Gasteiger charge is -2.27. The number of thioether (sulfide) groups is 1. The molecule has 0 aromatic carbocycles. The normalized spacial score (nSPS) is 30.4. The molecule has 3 N–H and O–H groups in total. The average molecular weight is 231 g/mol. The van der Waals surface area contributed by atoms with E-state index in [0.717, 1.165) is 18.1 Å². The molecule has 15 heavy (non-hydrogen) atoms. The Balaban J connectivity index is 1.66. The van der Waals surface area contributed by atoms with Crippen LogP contribution in [-0.2, 0) is 4.74 Å². The van der Waals surface area contributed by atoms with Crippen molar-refractivity contribution in [2.24, 2.45) is 11.7 Å². The van der Waals surface area contributed by atoms with Crippen LogP contribution in [0.15, 0.2) is 0 Å². The van der Waals surface area contributed by atoms with Crippen molar-refractivity contribution < 1.29 is 9.84 Å². The van der Waals surface area contributed by atoms with E-state index in [2.05, 4.69) is 0 Å². The minimum absolute atomic E-state index is 0.121. The Morgan fingerprint density at radius 2 is 2.20 bits per heavy atom. The summed E-state index contributed by atoms with van der Waals surface area (Å²) in [6.07, 6.45) is 5.20. The van der Waals surface area contributed by atoms with E-state index >= 15 is 0 Å². The molecule has 1 heterocycles. The first-order valence-electron chi connectivity index (χ1n) is 5.84. The van der Waals surface area contributed by atoms with Gasteiger partial charge in [0.2, 0.25) is 0 Å². The summed E-state index contributed by atoms with van der Waals surface area (Å²) in [5, 5.41) is 9.32.